The minimum atomic E-state index is -0.388. The van der Waals surface area contributed by atoms with E-state index >= 15 is 0 Å². The number of aliphatic hydroxyl groups excluding tert-OH is 1. The summed E-state index contributed by atoms with van der Waals surface area (Å²) in [5.74, 6) is 0. The first kappa shape index (κ1) is 10.2. The van der Waals surface area contributed by atoms with Crippen LogP contribution in [0.25, 0.3) is 0 Å². The number of benzene rings is 1. The highest BCUT2D eigenvalue weighted by atomic mass is 16.3. The Morgan fingerprint density at radius 1 is 1.38 bits per heavy atom. The summed E-state index contributed by atoms with van der Waals surface area (Å²) in [5.41, 5.74) is 2.27. The lowest BCUT2D eigenvalue weighted by Gasteiger charge is -2.13. The molecule has 13 heavy (non-hydrogen) atoms. The van der Waals surface area contributed by atoms with E-state index in [4.69, 9.17) is 0 Å². The van der Waals surface area contributed by atoms with Crippen molar-refractivity contribution < 1.29 is 5.11 Å². The fourth-order valence-corrected chi connectivity index (χ4v) is 1.48. The van der Waals surface area contributed by atoms with E-state index in [0.717, 1.165) is 12.0 Å². The molecule has 0 radical (unpaired) electrons. The van der Waals surface area contributed by atoms with Crippen molar-refractivity contribution in [2.24, 2.45) is 0 Å². The quantitative estimate of drug-likeness (QED) is 0.734. The minimum absolute atomic E-state index is 0.388. The van der Waals surface area contributed by atoms with Crippen LogP contribution in [-0.2, 0) is 6.42 Å². The van der Waals surface area contributed by atoms with Crippen molar-refractivity contribution in [3.05, 3.63) is 35.4 Å². The summed E-state index contributed by atoms with van der Waals surface area (Å²) in [6.07, 6.45) is 0.581. The lowest BCUT2D eigenvalue weighted by molar-refractivity contribution is 0.177. The number of aliphatic hydroxyl groups is 1. The Balaban J connectivity index is 2.85. The van der Waals surface area contributed by atoms with Gasteiger partial charge in [-0.3, -0.25) is 0 Å². The van der Waals surface area contributed by atoms with Gasteiger partial charge in [-0.15, -0.1) is 0 Å². The zero-order chi connectivity index (χ0) is 9.68. The number of rotatable bonds is 4. The summed E-state index contributed by atoms with van der Waals surface area (Å²) in [6, 6.07) is 8.02. The lowest BCUT2D eigenvalue weighted by atomic mass is 10.0. The highest BCUT2D eigenvalue weighted by molar-refractivity contribution is 5.29. The molecule has 0 heterocycles. The van der Waals surface area contributed by atoms with Crippen LogP contribution in [0.4, 0.5) is 0 Å². The molecule has 0 bridgehead atoms. The lowest BCUT2D eigenvalue weighted by Crippen LogP contribution is -2.17. The maximum absolute atomic E-state index is 9.77. The van der Waals surface area contributed by atoms with Crippen molar-refractivity contribution in [2.75, 3.05) is 13.6 Å². The summed E-state index contributed by atoms with van der Waals surface area (Å²) in [5, 5.41) is 12.7. The molecule has 1 aromatic rings. The fraction of sp³-hybridized carbons (Fsp3) is 0.455. The molecule has 1 rings (SSSR count). The van der Waals surface area contributed by atoms with Crippen LogP contribution in [0.5, 0.6) is 0 Å². The molecule has 0 saturated heterocycles. The van der Waals surface area contributed by atoms with E-state index in [1.807, 2.05) is 25.2 Å². The fourth-order valence-electron chi connectivity index (χ4n) is 1.48. The first-order valence-electron chi connectivity index (χ1n) is 4.70. The van der Waals surface area contributed by atoms with E-state index in [1.54, 1.807) is 0 Å². The monoisotopic (exact) mass is 179 g/mol. The molecular weight excluding hydrogens is 162 g/mol. The molecule has 1 atom stereocenters. The van der Waals surface area contributed by atoms with Gasteiger partial charge in [-0.1, -0.05) is 31.2 Å². The van der Waals surface area contributed by atoms with E-state index in [1.165, 1.54) is 5.56 Å². The maximum Gasteiger partial charge on any atom is 0.0916 e. The molecule has 0 amide bonds. The van der Waals surface area contributed by atoms with Crippen LogP contribution in [0.15, 0.2) is 24.3 Å². The molecule has 2 heteroatoms. The number of likely N-dealkylation sites (N-methyl/N-ethyl adjacent to an activating group) is 1. The predicted octanol–water partition coefficient (Wildman–Crippen LogP) is 1.50. The smallest absolute Gasteiger partial charge is 0.0916 e. The third kappa shape index (κ3) is 2.54. The molecule has 72 valence electrons. The summed E-state index contributed by atoms with van der Waals surface area (Å²) in [4.78, 5) is 0. The van der Waals surface area contributed by atoms with Crippen molar-refractivity contribution >= 4 is 0 Å². The van der Waals surface area contributed by atoms with Crippen molar-refractivity contribution in [2.45, 2.75) is 19.4 Å². The Labute approximate surface area is 79.6 Å². The standard InChI is InChI=1S/C11H17NO/c1-3-9-6-4-5-7-10(9)11(13)8-12-2/h4-7,11-13H,3,8H2,1-2H3. The van der Waals surface area contributed by atoms with Gasteiger partial charge in [-0.25, -0.2) is 0 Å². The van der Waals surface area contributed by atoms with Gasteiger partial charge in [0.2, 0.25) is 0 Å². The molecule has 0 aliphatic heterocycles. The van der Waals surface area contributed by atoms with E-state index in [9.17, 15) is 5.11 Å². The second-order valence-corrected chi connectivity index (χ2v) is 3.13. The SMILES string of the molecule is CCc1ccccc1C(O)CNC. The molecule has 0 fully saturated rings. The number of aryl methyl sites for hydroxylation is 1. The van der Waals surface area contributed by atoms with Gasteiger partial charge in [-0.05, 0) is 24.6 Å². The molecule has 1 aromatic carbocycles. The Kier molecular flexibility index (Phi) is 3.93. The molecule has 0 aliphatic carbocycles. The van der Waals surface area contributed by atoms with Crippen molar-refractivity contribution in [1.29, 1.82) is 0 Å². The van der Waals surface area contributed by atoms with Crippen molar-refractivity contribution in [1.82, 2.24) is 5.32 Å². The second kappa shape index (κ2) is 5.00. The maximum atomic E-state index is 9.77. The summed E-state index contributed by atoms with van der Waals surface area (Å²) < 4.78 is 0. The first-order chi connectivity index (χ1) is 6.29. The van der Waals surface area contributed by atoms with Gasteiger partial charge in [0.05, 0.1) is 6.10 Å². The van der Waals surface area contributed by atoms with Crippen LogP contribution in [-0.4, -0.2) is 18.7 Å². The summed E-state index contributed by atoms with van der Waals surface area (Å²) in [7, 11) is 1.85. The Morgan fingerprint density at radius 3 is 2.69 bits per heavy atom. The highest BCUT2D eigenvalue weighted by Gasteiger charge is 2.08. The van der Waals surface area contributed by atoms with E-state index in [-0.39, 0.29) is 6.10 Å². The first-order valence-corrected chi connectivity index (χ1v) is 4.70. The zero-order valence-corrected chi connectivity index (χ0v) is 8.25. The van der Waals surface area contributed by atoms with E-state index in [2.05, 4.69) is 18.3 Å². The van der Waals surface area contributed by atoms with Crippen LogP contribution in [0.3, 0.4) is 0 Å². The van der Waals surface area contributed by atoms with Crippen molar-refractivity contribution in [3.8, 4) is 0 Å². The molecule has 2 nitrogen and oxygen atoms in total. The number of hydrogen-bond acceptors (Lipinski definition) is 2. The van der Waals surface area contributed by atoms with Crippen LogP contribution in [0, 0.1) is 0 Å². The van der Waals surface area contributed by atoms with Crippen molar-refractivity contribution in [3.63, 3.8) is 0 Å². The number of hydrogen-bond donors (Lipinski definition) is 2. The van der Waals surface area contributed by atoms with Gasteiger partial charge in [0, 0.05) is 6.54 Å². The average molecular weight is 179 g/mol. The zero-order valence-electron chi connectivity index (χ0n) is 8.25. The largest absolute Gasteiger partial charge is 0.387 e. The predicted molar refractivity (Wildman–Crippen MR) is 54.7 cm³/mol. The Morgan fingerprint density at radius 2 is 2.08 bits per heavy atom. The van der Waals surface area contributed by atoms with Crippen LogP contribution >= 0.6 is 0 Å². The normalized spacial score (nSPS) is 12.8. The average Bonchev–Trinajstić information content (AvgIpc) is 2.18. The molecule has 0 aliphatic rings. The summed E-state index contributed by atoms with van der Waals surface area (Å²) in [6.45, 7) is 2.71. The van der Waals surface area contributed by atoms with Gasteiger partial charge >= 0.3 is 0 Å². The molecule has 0 aromatic heterocycles. The summed E-state index contributed by atoms with van der Waals surface area (Å²) >= 11 is 0. The van der Waals surface area contributed by atoms with Crippen LogP contribution in [0.2, 0.25) is 0 Å². The third-order valence-electron chi connectivity index (χ3n) is 2.19. The molecule has 2 N–H and O–H groups in total. The minimum Gasteiger partial charge on any atom is -0.387 e. The topological polar surface area (TPSA) is 32.3 Å². The van der Waals surface area contributed by atoms with Gasteiger partial charge < -0.3 is 10.4 Å². The molecule has 1 unspecified atom stereocenters. The van der Waals surface area contributed by atoms with Crippen LogP contribution in [0.1, 0.15) is 24.2 Å². The number of nitrogens with one attached hydrogen (secondary N) is 1. The molecule has 0 saturated carbocycles. The van der Waals surface area contributed by atoms with Gasteiger partial charge in [0.15, 0.2) is 0 Å². The Hall–Kier alpha value is -0.860. The van der Waals surface area contributed by atoms with Crippen LogP contribution < -0.4 is 5.32 Å². The third-order valence-corrected chi connectivity index (χ3v) is 2.19. The Bertz CT molecular complexity index is 260. The second-order valence-electron chi connectivity index (χ2n) is 3.13. The van der Waals surface area contributed by atoms with E-state index < -0.39 is 0 Å². The molecule has 0 spiro atoms. The van der Waals surface area contributed by atoms with Gasteiger partial charge in [0.25, 0.3) is 0 Å². The van der Waals surface area contributed by atoms with Gasteiger partial charge in [0.1, 0.15) is 0 Å². The molecular formula is C11H17NO. The van der Waals surface area contributed by atoms with Gasteiger partial charge in [-0.2, -0.15) is 0 Å². The highest BCUT2D eigenvalue weighted by Crippen LogP contribution is 2.17. The van der Waals surface area contributed by atoms with E-state index in [0.29, 0.717) is 6.54 Å².